The summed E-state index contributed by atoms with van der Waals surface area (Å²) in [5.74, 6) is 0. The summed E-state index contributed by atoms with van der Waals surface area (Å²) in [7, 11) is 2.13. The van der Waals surface area contributed by atoms with Crippen LogP contribution in [0.25, 0.3) is 0 Å². The minimum Gasteiger partial charge on any atom is -0.374 e. The number of likely N-dealkylation sites (N-methyl/N-ethyl adjacent to an activating group) is 1. The maximum atomic E-state index is 4.19. The van der Waals surface area contributed by atoms with Gasteiger partial charge < -0.3 is 5.32 Å². The first-order valence-corrected chi connectivity index (χ1v) is 7.71. The highest BCUT2D eigenvalue weighted by Crippen LogP contribution is 2.19. The summed E-state index contributed by atoms with van der Waals surface area (Å²) < 4.78 is 4.01. The summed E-state index contributed by atoms with van der Waals surface area (Å²) in [5.41, 5.74) is 1.05. The molecule has 2 heterocycles. The molecule has 1 N–H and O–H groups in total. The molecule has 2 rings (SSSR count). The lowest BCUT2D eigenvalue weighted by molar-refractivity contribution is 0.328. The summed E-state index contributed by atoms with van der Waals surface area (Å²) >= 11 is 3.25. The van der Waals surface area contributed by atoms with Gasteiger partial charge in [0.05, 0.1) is 0 Å². The molecule has 0 aromatic carbocycles. The molecule has 0 aliphatic heterocycles. The van der Waals surface area contributed by atoms with E-state index in [1.165, 1.54) is 16.4 Å². The van der Waals surface area contributed by atoms with E-state index in [0.29, 0.717) is 0 Å². The lowest BCUT2D eigenvalue weighted by Gasteiger charge is -2.15. The van der Waals surface area contributed by atoms with Crippen molar-refractivity contribution >= 4 is 27.9 Å². The van der Waals surface area contributed by atoms with Crippen molar-refractivity contribution < 1.29 is 0 Å². The summed E-state index contributed by atoms with van der Waals surface area (Å²) in [6.07, 6.45) is 1.10. The van der Waals surface area contributed by atoms with E-state index in [1.54, 1.807) is 0 Å². The van der Waals surface area contributed by atoms with E-state index in [0.717, 1.165) is 36.8 Å². The van der Waals surface area contributed by atoms with Crippen molar-refractivity contribution in [3.8, 4) is 0 Å². The third-order valence-electron chi connectivity index (χ3n) is 2.63. The average molecular weight is 282 g/mol. The quantitative estimate of drug-likeness (QED) is 0.848. The maximum absolute atomic E-state index is 4.19. The third-order valence-corrected chi connectivity index (χ3v) is 4.29. The van der Waals surface area contributed by atoms with Crippen molar-refractivity contribution in [2.75, 3.05) is 25.5 Å². The first-order valence-electron chi connectivity index (χ1n) is 6.05. The molecule has 0 radical (unpaired) electrons. The summed E-state index contributed by atoms with van der Waals surface area (Å²) in [6, 6.07) is 4.29. The number of thiophene rings is 1. The molecule has 4 nitrogen and oxygen atoms in total. The Bertz CT molecular complexity index is 452. The van der Waals surface area contributed by atoms with Crippen LogP contribution in [0.1, 0.15) is 17.5 Å². The zero-order valence-corrected chi connectivity index (χ0v) is 12.4. The predicted octanol–water partition coefficient (Wildman–Crippen LogP) is 2.71. The molecule has 0 aliphatic rings. The monoisotopic (exact) mass is 282 g/mol. The Morgan fingerprint density at radius 3 is 3.06 bits per heavy atom. The van der Waals surface area contributed by atoms with Crippen molar-refractivity contribution in [3.63, 3.8) is 0 Å². The van der Waals surface area contributed by atoms with Gasteiger partial charge in [0.15, 0.2) is 0 Å². The lowest BCUT2D eigenvalue weighted by Crippen LogP contribution is -2.21. The molecule has 2 aromatic heterocycles. The van der Waals surface area contributed by atoms with Crippen molar-refractivity contribution in [2.24, 2.45) is 0 Å². The number of nitrogens with one attached hydrogen (secondary N) is 1. The van der Waals surface area contributed by atoms with Gasteiger partial charge in [-0.15, -0.1) is 16.4 Å². The number of hydrogen-bond acceptors (Lipinski definition) is 6. The average Bonchev–Trinajstić information content (AvgIpc) is 2.99. The highest BCUT2D eigenvalue weighted by molar-refractivity contribution is 7.10. The van der Waals surface area contributed by atoms with Crippen LogP contribution in [-0.4, -0.2) is 34.6 Å². The van der Waals surface area contributed by atoms with E-state index in [4.69, 9.17) is 0 Å². The molecule has 0 bridgehead atoms. The molecular formula is C12H18N4S2. The lowest BCUT2D eigenvalue weighted by atomic mass is 10.3. The topological polar surface area (TPSA) is 41.1 Å². The van der Waals surface area contributed by atoms with E-state index >= 15 is 0 Å². The van der Waals surface area contributed by atoms with Crippen LogP contribution in [0.2, 0.25) is 0 Å². The Labute approximate surface area is 116 Å². The van der Waals surface area contributed by atoms with Gasteiger partial charge in [0.25, 0.3) is 0 Å². The molecule has 0 spiro atoms. The second-order valence-corrected chi connectivity index (χ2v) is 5.93. The van der Waals surface area contributed by atoms with E-state index < -0.39 is 0 Å². The molecule has 6 heteroatoms. The molecule has 0 atom stereocenters. The fourth-order valence-corrected chi connectivity index (χ4v) is 3.04. The molecule has 0 saturated carbocycles. The number of aromatic nitrogens is 2. The summed E-state index contributed by atoms with van der Waals surface area (Å²) in [4.78, 5) is 3.72. The fraction of sp³-hybridized carbons (Fsp3) is 0.500. The minimum absolute atomic E-state index is 0.851. The van der Waals surface area contributed by atoms with Crippen LogP contribution in [0.3, 0.4) is 0 Å². The molecular weight excluding hydrogens is 264 g/mol. The SMILES string of the molecule is CCNc1snnc1CN(C)CCc1cccs1. The van der Waals surface area contributed by atoms with Crippen LogP contribution in [0, 0.1) is 0 Å². The third kappa shape index (κ3) is 3.76. The van der Waals surface area contributed by atoms with Gasteiger partial charge in [-0.2, -0.15) is 0 Å². The van der Waals surface area contributed by atoms with Gasteiger partial charge >= 0.3 is 0 Å². The van der Waals surface area contributed by atoms with Crippen LogP contribution in [-0.2, 0) is 13.0 Å². The molecule has 0 aliphatic carbocycles. The number of anilines is 1. The molecule has 0 fully saturated rings. The van der Waals surface area contributed by atoms with Gasteiger partial charge in [-0.05, 0) is 31.8 Å². The van der Waals surface area contributed by atoms with Crippen LogP contribution in [0.4, 0.5) is 5.00 Å². The second kappa shape index (κ2) is 6.82. The van der Waals surface area contributed by atoms with Gasteiger partial charge in [-0.3, -0.25) is 4.90 Å². The van der Waals surface area contributed by atoms with E-state index in [2.05, 4.69) is 51.3 Å². The van der Waals surface area contributed by atoms with Crippen molar-refractivity contribution in [1.29, 1.82) is 0 Å². The number of hydrogen-bond donors (Lipinski definition) is 1. The van der Waals surface area contributed by atoms with Crippen molar-refractivity contribution in [1.82, 2.24) is 14.5 Å². The standard InChI is InChI=1S/C12H18N4S2/c1-3-13-12-11(14-15-18-12)9-16(2)7-6-10-5-4-8-17-10/h4-5,8,13H,3,6-7,9H2,1-2H3. The van der Waals surface area contributed by atoms with E-state index in [9.17, 15) is 0 Å². The number of rotatable bonds is 7. The maximum Gasteiger partial charge on any atom is 0.134 e. The smallest absolute Gasteiger partial charge is 0.134 e. The Balaban J connectivity index is 1.82. The first-order chi connectivity index (χ1) is 8.79. The van der Waals surface area contributed by atoms with Gasteiger partial charge in [0.2, 0.25) is 0 Å². The molecule has 18 heavy (non-hydrogen) atoms. The molecule has 0 amide bonds. The largest absolute Gasteiger partial charge is 0.374 e. The Morgan fingerprint density at radius 2 is 2.33 bits per heavy atom. The van der Waals surface area contributed by atoms with Gasteiger partial charge in [-0.25, -0.2) is 0 Å². The zero-order chi connectivity index (χ0) is 12.8. The second-order valence-electron chi connectivity index (χ2n) is 4.15. The van der Waals surface area contributed by atoms with Crippen LogP contribution in [0.15, 0.2) is 17.5 Å². The normalized spacial score (nSPS) is 11.1. The van der Waals surface area contributed by atoms with Gasteiger partial charge in [0, 0.05) is 36.0 Å². The molecule has 98 valence electrons. The van der Waals surface area contributed by atoms with E-state index in [-0.39, 0.29) is 0 Å². The highest BCUT2D eigenvalue weighted by Gasteiger charge is 2.09. The zero-order valence-electron chi connectivity index (χ0n) is 10.7. The fourth-order valence-electron chi connectivity index (χ4n) is 1.70. The summed E-state index contributed by atoms with van der Waals surface area (Å²) in [6.45, 7) is 4.90. The molecule has 0 saturated heterocycles. The number of nitrogens with zero attached hydrogens (tertiary/aromatic N) is 3. The molecule has 0 unspecified atom stereocenters. The Kier molecular flexibility index (Phi) is 5.10. The highest BCUT2D eigenvalue weighted by atomic mass is 32.1. The Hall–Kier alpha value is -0.980. The van der Waals surface area contributed by atoms with Crippen LogP contribution >= 0.6 is 22.9 Å². The predicted molar refractivity (Wildman–Crippen MR) is 78.4 cm³/mol. The van der Waals surface area contributed by atoms with Crippen LogP contribution in [0.5, 0.6) is 0 Å². The molecule has 2 aromatic rings. The van der Waals surface area contributed by atoms with Crippen LogP contribution < -0.4 is 5.32 Å². The minimum atomic E-state index is 0.851. The summed E-state index contributed by atoms with van der Waals surface area (Å²) in [5, 5.41) is 10.7. The van der Waals surface area contributed by atoms with E-state index in [1.807, 2.05) is 11.3 Å². The Morgan fingerprint density at radius 1 is 1.44 bits per heavy atom. The van der Waals surface area contributed by atoms with Gasteiger partial charge in [0.1, 0.15) is 10.7 Å². The first kappa shape index (κ1) is 13.5. The van der Waals surface area contributed by atoms with Crippen molar-refractivity contribution in [3.05, 3.63) is 28.1 Å². The van der Waals surface area contributed by atoms with Gasteiger partial charge in [-0.1, -0.05) is 10.6 Å². The van der Waals surface area contributed by atoms with Crippen molar-refractivity contribution in [2.45, 2.75) is 19.9 Å².